The van der Waals surface area contributed by atoms with Crippen molar-refractivity contribution in [2.24, 2.45) is 0 Å². The molecule has 10 nitrogen and oxygen atoms in total. The summed E-state index contributed by atoms with van der Waals surface area (Å²) in [6.07, 6.45) is 21.6. The van der Waals surface area contributed by atoms with Gasteiger partial charge in [-0.1, -0.05) is 161 Å². The molecule has 8 atom stereocenters. The van der Waals surface area contributed by atoms with Crippen molar-refractivity contribution in [2.45, 2.75) is 217 Å². The van der Waals surface area contributed by atoms with E-state index in [9.17, 15) is 35.4 Å². The number of aliphatic hydroxyl groups is 6. The van der Waals surface area contributed by atoms with Crippen LogP contribution in [-0.2, 0) is 14.3 Å². The highest BCUT2D eigenvalue weighted by molar-refractivity contribution is 5.80. The summed E-state index contributed by atoms with van der Waals surface area (Å²) in [7, 11) is 0. The van der Waals surface area contributed by atoms with Crippen LogP contribution < -0.4 is 5.32 Å². The van der Waals surface area contributed by atoms with Crippen molar-refractivity contribution in [1.29, 1.82) is 0 Å². The molecule has 0 aliphatic carbocycles. The first-order valence-corrected chi connectivity index (χ1v) is 20.0. The Bertz CT molecular complexity index is 798. The first-order valence-electron chi connectivity index (χ1n) is 20.0. The molecule has 0 aromatic heterocycles. The van der Waals surface area contributed by atoms with Crippen molar-refractivity contribution in [3.8, 4) is 0 Å². The quantitative estimate of drug-likeness (QED) is 0.0330. The molecule has 49 heavy (non-hydrogen) atoms. The molecule has 0 bridgehead atoms. The van der Waals surface area contributed by atoms with Gasteiger partial charge >= 0.3 is 0 Å². The standard InChI is InChI=1S/C39H75NO9/c1-3-5-7-9-11-13-15-16-18-19-21-23-25-27-32(42)31(30-48-39-37(46)36(45)35(44)34(29-41)49-39)40-38(47)33(43)28-26-24-22-20-17-14-12-10-8-6-4-2/h25,27,31-37,39,41-46H,3-24,26,28-30H2,1-2H3,(H,40,47)/b27-25+. The number of rotatable bonds is 32. The molecule has 0 aromatic rings. The van der Waals surface area contributed by atoms with E-state index in [1.54, 1.807) is 6.08 Å². The topological polar surface area (TPSA) is 169 Å². The second-order valence-corrected chi connectivity index (χ2v) is 14.2. The van der Waals surface area contributed by atoms with E-state index >= 15 is 0 Å². The molecule has 7 N–H and O–H groups in total. The zero-order valence-corrected chi connectivity index (χ0v) is 31.1. The van der Waals surface area contributed by atoms with Crippen molar-refractivity contribution in [1.82, 2.24) is 5.32 Å². The monoisotopic (exact) mass is 702 g/mol. The van der Waals surface area contributed by atoms with Gasteiger partial charge in [0.05, 0.1) is 25.4 Å². The average molecular weight is 702 g/mol. The van der Waals surface area contributed by atoms with E-state index in [1.165, 1.54) is 103 Å². The Balaban J connectivity index is 2.52. The Morgan fingerprint density at radius 2 is 1.16 bits per heavy atom. The first kappa shape index (κ1) is 45.9. The summed E-state index contributed by atoms with van der Waals surface area (Å²) in [5.41, 5.74) is 0. The summed E-state index contributed by atoms with van der Waals surface area (Å²) in [6, 6.07) is -0.972. The van der Waals surface area contributed by atoms with Crippen molar-refractivity contribution in [2.75, 3.05) is 13.2 Å². The smallest absolute Gasteiger partial charge is 0.249 e. The summed E-state index contributed by atoms with van der Waals surface area (Å²) in [4.78, 5) is 12.9. The molecule has 0 radical (unpaired) electrons. The molecule has 0 saturated carbocycles. The Morgan fingerprint density at radius 3 is 1.65 bits per heavy atom. The third kappa shape index (κ3) is 21.8. The van der Waals surface area contributed by atoms with Gasteiger partial charge in [-0.3, -0.25) is 4.79 Å². The lowest BCUT2D eigenvalue weighted by Crippen LogP contribution is -2.60. The van der Waals surface area contributed by atoms with Gasteiger partial charge in [-0.15, -0.1) is 0 Å². The predicted octanol–water partition coefficient (Wildman–Crippen LogP) is 5.97. The Labute approximate surface area is 298 Å². The molecule has 1 aliphatic heterocycles. The van der Waals surface area contributed by atoms with Gasteiger partial charge in [-0.25, -0.2) is 0 Å². The van der Waals surface area contributed by atoms with Gasteiger partial charge in [0, 0.05) is 0 Å². The van der Waals surface area contributed by atoms with E-state index < -0.39 is 61.5 Å². The van der Waals surface area contributed by atoms with Crippen LogP contribution in [0.4, 0.5) is 0 Å². The maximum atomic E-state index is 12.9. The van der Waals surface area contributed by atoms with Crippen LogP contribution in [0.1, 0.15) is 168 Å². The minimum absolute atomic E-state index is 0.302. The fourth-order valence-electron chi connectivity index (χ4n) is 6.34. The van der Waals surface area contributed by atoms with Crippen LogP contribution in [-0.4, -0.2) is 98.7 Å². The lowest BCUT2D eigenvalue weighted by molar-refractivity contribution is -0.302. The van der Waals surface area contributed by atoms with E-state index in [-0.39, 0.29) is 6.61 Å². The van der Waals surface area contributed by atoms with E-state index in [0.717, 1.165) is 44.9 Å². The summed E-state index contributed by atoms with van der Waals surface area (Å²) in [5, 5.41) is 64.3. The number of amides is 1. The Hall–Kier alpha value is -1.11. The van der Waals surface area contributed by atoms with Gasteiger partial charge in [-0.2, -0.15) is 0 Å². The summed E-state index contributed by atoms with van der Waals surface area (Å²) >= 11 is 0. The lowest BCUT2D eigenvalue weighted by atomic mass is 9.99. The lowest BCUT2D eigenvalue weighted by Gasteiger charge is -2.40. The average Bonchev–Trinajstić information content (AvgIpc) is 3.10. The van der Waals surface area contributed by atoms with Gasteiger partial charge < -0.3 is 45.4 Å². The van der Waals surface area contributed by atoms with Crippen molar-refractivity contribution < 1.29 is 44.9 Å². The van der Waals surface area contributed by atoms with E-state index in [0.29, 0.717) is 6.42 Å². The van der Waals surface area contributed by atoms with Gasteiger partial charge in [-0.05, 0) is 19.3 Å². The van der Waals surface area contributed by atoms with Crippen LogP contribution in [0.3, 0.4) is 0 Å². The van der Waals surface area contributed by atoms with Crippen LogP contribution in [0.5, 0.6) is 0 Å². The normalized spacial score (nSPS) is 23.1. The van der Waals surface area contributed by atoms with Crippen LogP contribution in [0, 0.1) is 0 Å². The van der Waals surface area contributed by atoms with E-state index in [4.69, 9.17) is 9.47 Å². The SMILES string of the molecule is CCCCCCCCCCCCC/C=C/C(O)C(COC1OC(CO)C(O)C(O)C1O)NC(=O)C(O)CCCCCCCCCCCCC. The van der Waals surface area contributed by atoms with Gasteiger partial charge in [0.2, 0.25) is 5.91 Å². The van der Waals surface area contributed by atoms with Crippen molar-refractivity contribution in [3.63, 3.8) is 0 Å². The van der Waals surface area contributed by atoms with Crippen molar-refractivity contribution >= 4 is 5.91 Å². The molecular formula is C39H75NO9. The molecule has 8 unspecified atom stereocenters. The minimum Gasteiger partial charge on any atom is -0.394 e. The highest BCUT2D eigenvalue weighted by Gasteiger charge is 2.44. The molecule has 0 aromatic carbocycles. The number of carbonyl (C=O) groups is 1. The van der Waals surface area contributed by atoms with Crippen LogP contribution >= 0.6 is 0 Å². The van der Waals surface area contributed by atoms with Crippen LogP contribution in [0.15, 0.2) is 12.2 Å². The zero-order valence-electron chi connectivity index (χ0n) is 31.1. The van der Waals surface area contributed by atoms with E-state index in [2.05, 4.69) is 19.2 Å². The highest BCUT2D eigenvalue weighted by Crippen LogP contribution is 2.22. The highest BCUT2D eigenvalue weighted by atomic mass is 16.7. The number of hydrogen-bond donors (Lipinski definition) is 7. The third-order valence-corrected chi connectivity index (χ3v) is 9.72. The second-order valence-electron chi connectivity index (χ2n) is 14.2. The molecule has 290 valence electrons. The molecule has 10 heteroatoms. The first-order chi connectivity index (χ1) is 23.8. The van der Waals surface area contributed by atoms with Gasteiger partial charge in [0.25, 0.3) is 0 Å². The molecule has 1 amide bonds. The largest absolute Gasteiger partial charge is 0.394 e. The number of carbonyl (C=O) groups excluding carboxylic acids is 1. The number of hydrogen-bond acceptors (Lipinski definition) is 9. The number of ether oxygens (including phenoxy) is 2. The fraction of sp³-hybridized carbons (Fsp3) is 0.923. The number of nitrogens with one attached hydrogen (secondary N) is 1. The maximum Gasteiger partial charge on any atom is 0.249 e. The molecule has 1 heterocycles. The number of allylic oxidation sites excluding steroid dienone is 1. The zero-order chi connectivity index (χ0) is 36.1. The number of aliphatic hydroxyl groups excluding tert-OH is 6. The molecule has 1 aliphatic rings. The molecule has 1 rings (SSSR count). The molecule has 1 fully saturated rings. The molecule has 0 spiro atoms. The maximum absolute atomic E-state index is 12.9. The summed E-state index contributed by atoms with van der Waals surface area (Å²) in [5.74, 6) is -0.618. The minimum atomic E-state index is -1.60. The van der Waals surface area contributed by atoms with Gasteiger partial charge in [0.15, 0.2) is 6.29 Å². The fourth-order valence-corrected chi connectivity index (χ4v) is 6.34. The summed E-state index contributed by atoms with van der Waals surface area (Å²) in [6.45, 7) is 3.56. The van der Waals surface area contributed by atoms with Crippen LogP contribution in [0.25, 0.3) is 0 Å². The number of unbranched alkanes of at least 4 members (excludes halogenated alkanes) is 21. The second kappa shape index (κ2) is 30.5. The summed E-state index contributed by atoms with van der Waals surface area (Å²) < 4.78 is 11.1. The van der Waals surface area contributed by atoms with Gasteiger partial charge in [0.1, 0.15) is 30.5 Å². The Morgan fingerprint density at radius 1 is 0.694 bits per heavy atom. The van der Waals surface area contributed by atoms with E-state index in [1.807, 2.05) is 6.08 Å². The predicted molar refractivity (Wildman–Crippen MR) is 195 cm³/mol. The molecule has 1 saturated heterocycles. The van der Waals surface area contributed by atoms with Crippen molar-refractivity contribution in [3.05, 3.63) is 12.2 Å². The molecular weight excluding hydrogens is 626 g/mol. The third-order valence-electron chi connectivity index (χ3n) is 9.72. The Kier molecular flexibility index (Phi) is 28.6. The van der Waals surface area contributed by atoms with Crippen LogP contribution in [0.2, 0.25) is 0 Å².